The number of morpholine rings is 1. The molecule has 4 rings (SSSR count). The molecule has 3 aromatic rings. The highest BCUT2D eigenvalue weighted by molar-refractivity contribution is 5.84. The van der Waals surface area contributed by atoms with Crippen LogP contribution in [-0.4, -0.2) is 67.6 Å². The van der Waals surface area contributed by atoms with Crippen LogP contribution in [-0.2, 0) is 11.3 Å². The molecule has 1 fully saturated rings. The maximum Gasteiger partial charge on any atom is 0.230 e. The molecule has 0 spiro atoms. The van der Waals surface area contributed by atoms with Crippen molar-refractivity contribution in [2.75, 3.05) is 51.8 Å². The first-order chi connectivity index (χ1) is 13.7. The van der Waals surface area contributed by atoms with E-state index in [4.69, 9.17) is 14.7 Å². The molecular weight excluding hydrogens is 350 g/mol. The Labute approximate surface area is 166 Å². The molecule has 0 radical (unpaired) electrons. The Balaban J connectivity index is 1.56. The zero-order valence-electron chi connectivity index (χ0n) is 16.6. The summed E-state index contributed by atoms with van der Waals surface area (Å²) in [6, 6.07) is 16.6. The van der Waals surface area contributed by atoms with Crippen molar-refractivity contribution < 1.29 is 4.74 Å². The van der Waals surface area contributed by atoms with Gasteiger partial charge in [0.15, 0.2) is 0 Å². The van der Waals surface area contributed by atoms with Crippen LogP contribution in [0.2, 0.25) is 0 Å². The van der Waals surface area contributed by atoms with E-state index in [-0.39, 0.29) is 0 Å². The lowest BCUT2D eigenvalue weighted by Crippen LogP contribution is -2.38. The fourth-order valence-corrected chi connectivity index (χ4v) is 3.44. The molecule has 1 saturated heterocycles. The summed E-state index contributed by atoms with van der Waals surface area (Å²) < 4.78 is 7.67. The van der Waals surface area contributed by atoms with E-state index in [2.05, 4.69) is 50.8 Å². The van der Waals surface area contributed by atoms with Crippen LogP contribution in [0, 0.1) is 0 Å². The van der Waals surface area contributed by atoms with Crippen LogP contribution in [0.15, 0.2) is 53.5 Å². The van der Waals surface area contributed by atoms with E-state index in [1.807, 2.05) is 32.4 Å². The number of anilines is 1. The molecule has 0 N–H and O–H groups in total. The predicted octanol–water partition coefficient (Wildman–Crippen LogP) is 3.19. The van der Waals surface area contributed by atoms with Crippen LogP contribution in [0.5, 0.6) is 0 Å². The SMILES string of the molecule is CN(C)c1ccc(C=Nc2nc3ccccc3n2CCN2CCOCC2)cc1. The molecule has 0 unspecified atom stereocenters. The summed E-state index contributed by atoms with van der Waals surface area (Å²) in [7, 11) is 4.08. The molecule has 0 bridgehead atoms. The molecule has 0 aliphatic carbocycles. The third kappa shape index (κ3) is 4.24. The minimum Gasteiger partial charge on any atom is -0.379 e. The molecule has 1 aliphatic heterocycles. The Morgan fingerprint density at radius 2 is 1.79 bits per heavy atom. The van der Waals surface area contributed by atoms with Gasteiger partial charge in [-0.25, -0.2) is 9.98 Å². The average Bonchev–Trinajstić information content (AvgIpc) is 3.09. The van der Waals surface area contributed by atoms with Crippen molar-refractivity contribution in [1.29, 1.82) is 0 Å². The number of aromatic nitrogens is 2. The van der Waals surface area contributed by atoms with Crippen molar-refractivity contribution in [1.82, 2.24) is 14.5 Å². The fraction of sp³-hybridized carbons (Fsp3) is 0.364. The fourth-order valence-electron chi connectivity index (χ4n) is 3.44. The number of fused-ring (bicyclic) bond motifs is 1. The van der Waals surface area contributed by atoms with Crippen molar-refractivity contribution in [2.24, 2.45) is 4.99 Å². The van der Waals surface area contributed by atoms with Crippen LogP contribution in [0.4, 0.5) is 11.6 Å². The molecule has 6 nitrogen and oxygen atoms in total. The van der Waals surface area contributed by atoms with Crippen molar-refractivity contribution in [3.63, 3.8) is 0 Å². The molecule has 1 aliphatic rings. The second kappa shape index (κ2) is 8.54. The third-order valence-corrected chi connectivity index (χ3v) is 5.12. The number of para-hydroxylation sites is 2. The molecule has 0 saturated carbocycles. The number of hydrogen-bond donors (Lipinski definition) is 0. The summed E-state index contributed by atoms with van der Waals surface area (Å²) in [5.74, 6) is 0.756. The minimum atomic E-state index is 0.756. The van der Waals surface area contributed by atoms with Gasteiger partial charge in [-0.1, -0.05) is 24.3 Å². The number of hydrogen-bond acceptors (Lipinski definition) is 5. The normalized spacial score (nSPS) is 15.5. The van der Waals surface area contributed by atoms with Gasteiger partial charge in [0.25, 0.3) is 0 Å². The monoisotopic (exact) mass is 377 g/mol. The van der Waals surface area contributed by atoms with Gasteiger partial charge in [-0.15, -0.1) is 0 Å². The zero-order chi connectivity index (χ0) is 19.3. The molecule has 28 heavy (non-hydrogen) atoms. The topological polar surface area (TPSA) is 45.9 Å². The number of ether oxygens (including phenoxy) is 1. The van der Waals surface area contributed by atoms with E-state index >= 15 is 0 Å². The number of benzene rings is 2. The molecule has 146 valence electrons. The quantitative estimate of drug-likeness (QED) is 0.619. The zero-order valence-corrected chi connectivity index (χ0v) is 16.6. The highest BCUT2D eigenvalue weighted by Crippen LogP contribution is 2.22. The van der Waals surface area contributed by atoms with Gasteiger partial charge in [0, 0.05) is 52.2 Å². The molecule has 0 amide bonds. The van der Waals surface area contributed by atoms with E-state index in [9.17, 15) is 0 Å². The second-order valence-electron chi connectivity index (χ2n) is 7.25. The number of rotatable bonds is 6. The Hall–Kier alpha value is -2.70. The van der Waals surface area contributed by atoms with E-state index in [0.717, 1.165) is 61.9 Å². The maximum absolute atomic E-state index is 5.45. The second-order valence-corrected chi connectivity index (χ2v) is 7.25. The van der Waals surface area contributed by atoms with Gasteiger partial charge in [0.05, 0.1) is 24.2 Å². The average molecular weight is 377 g/mol. The van der Waals surface area contributed by atoms with Crippen LogP contribution in [0.25, 0.3) is 11.0 Å². The highest BCUT2D eigenvalue weighted by atomic mass is 16.5. The Morgan fingerprint density at radius 1 is 1.04 bits per heavy atom. The number of aliphatic imine (C=N–C) groups is 1. The van der Waals surface area contributed by atoms with Crippen LogP contribution >= 0.6 is 0 Å². The minimum absolute atomic E-state index is 0.756. The molecule has 6 heteroatoms. The molecule has 0 atom stereocenters. The van der Waals surface area contributed by atoms with Crippen molar-refractivity contribution in [3.05, 3.63) is 54.1 Å². The van der Waals surface area contributed by atoms with Gasteiger partial charge >= 0.3 is 0 Å². The lowest BCUT2D eigenvalue weighted by Gasteiger charge is -2.26. The van der Waals surface area contributed by atoms with Crippen LogP contribution in [0.3, 0.4) is 0 Å². The first kappa shape index (κ1) is 18.7. The van der Waals surface area contributed by atoms with Gasteiger partial charge in [-0.2, -0.15) is 0 Å². The van der Waals surface area contributed by atoms with Crippen molar-refractivity contribution >= 4 is 28.9 Å². The summed E-state index contributed by atoms with van der Waals surface area (Å²) in [6.07, 6.45) is 1.89. The summed E-state index contributed by atoms with van der Waals surface area (Å²) in [6.45, 7) is 5.46. The summed E-state index contributed by atoms with van der Waals surface area (Å²) in [5, 5.41) is 0. The van der Waals surface area contributed by atoms with Gasteiger partial charge in [0.2, 0.25) is 5.95 Å². The van der Waals surface area contributed by atoms with Crippen LogP contribution in [0.1, 0.15) is 5.56 Å². The van der Waals surface area contributed by atoms with Crippen molar-refractivity contribution in [3.8, 4) is 0 Å². The molecule has 2 heterocycles. The molecule has 1 aromatic heterocycles. The summed E-state index contributed by atoms with van der Waals surface area (Å²) in [5.41, 5.74) is 4.36. The Kier molecular flexibility index (Phi) is 5.69. The van der Waals surface area contributed by atoms with Gasteiger partial charge in [-0.05, 0) is 29.8 Å². The predicted molar refractivity (Wildman–Crippen MR) is 115 cm³/mol. The first-order valence-electron chi connectivity index (χ1n) is 9.77. The van der Waals surface area contributed by atoms with Gasteiger partial charge in [-0.3, -0.25) is 4.90 Å². The Bertz CT molecular complexity index is 939. The summed E-state index contributed by atoms with van der Waals surface area (Å²) >= 11 is 0. The third-order valence-electron chi connectivity index (χ3n) is 5.12. The van der Waals surface area contributed by atoms with E-state index < -0.39 is 0 Å². The maximum atomic E-state index is 5.45. The highest BCUT2D eigenvalue weighted by Gasteiger charge is 2.13. The lowest BCUT2D eigenvalue weighted by molar-refractivity contribution is 0.0366. The smallest absolute Gasteiger partial charge is 0.230 e. The van der Waals surface area contributed by atoms with Crippen molar-refractivity contribution in [2.45, 2.75) is 6.54 Å². The summed E-state index contributed by atoms with van der Waals surface area (Å²) in [4.78, 5) is 14.0. The number of nitrogens with zero attached hydrogens (tertiary/aromatic N) is 5. The van der Waals surface area contributed by atoms with E-state index in [0.29, 0.717) is 0 Å². The van der Waals surface area contributed by atoms with Gasteiger partial charge < -0.3 is 14.2 Å². The molecular formula is C22H27N5O. The lowest BCUT2D eigenvalue weighted by atomic mass is 10.2. The van der Waals surface area contributed by atoms with E-state index in [1.165, 1.54) is 5.69 Å². The van der Waals surface area contributed by atoms with E-state index in [1.54, 1.807) is 0 Å². The Morgan fingerprint density at radius 3 is 2.54 bits per heavy atom. The standard InChI is InChI=1S/C22H27N5O/c1-25(2)19-9-7-18(8-10-19)17-23-22-24-20-5-3-4-6-21(20)27(22)12-11-26-13-15-28-16-14-26/h3-10,17H,11-16H2,1-2H3. The van der Waals surface area contributed by atoms with Crippen LogP contribution < -0.4 is 4.90 Å². The largest absolute Gasteiger partial charge is 0.379 e. The molecule has 2 aromatic carbocycles. The van der Waals surface area contributed by atoms with Gasteiger partial charge in [0.1, 0.15) is 0 Å². The number of imidazole rings is 1. The first-order valence-corrected chi connectivity index (χ1v) is 9.77.